The van der Waals surface area contributed by atoms with Gasteiger partial charge in [0.2, 0.25) is 0 Å². The largest absolute Gasteiger partial charge is 0.313 e. The predicted octanol–water partition coefficient (Wildman–Crippen LogP) is 1.78. The highest BCUT2D eigenvalue weighted by molar-refractivity contribution is 5.11. The van der Waals surface area contributed by atoms with Crippen LogP contribution in [0.15, 0.2) is 0 Å². The first kappa shape index (κ1) is 12.5. The average molecular weight is 209 g/mol. The summed E-state index contributed by atoms with van der Waals surface area (Å²) in [6, 6.07) is 2.24. The molecule has 0 spiro atoms. The molecule has 0 saturated carbocycles. The standard InChI is InChI=1S/C12H23N3/c1-10(2)6-9(12(5,14)8-13)7-11(3,4)15-10/h9,15H,6-7,14H2,1-5H3. The van der Waals surface area contributed by atoms with Crippen molar-refractivity contribution in [2.75, 3.05) is 0 Å². The Balaban J connectivity index is 2.90. The fourth-order valence-electron chi connectivity index (χ4n) is 2.84. The number of piperidine rings is 1. The summed E-state index contributed by atoms with van der Waals surface area (Å²) in [5, 5.41) is 12.7. The number of rotatable bonds is 1. The zero-order valence-electron chi connectivity index (χ0n) is 10.5. The molecule has 1 atom stereocenters. The van der Waals surface area contributed by atoms with Crippen LogP contribution in [-0.4, -0.2) is 16.6 Å². The highest BCUT2D eigenvalue weighted by Crippen LogP contribution is 2.37. The van der Waals surface area contributed by atoms with Crippen molar-refractivity contribution in [1.29, 1.82) is 5.26 Å². The Morgan fingerprint density at radius 3 is 2.00 bits per heavy atom. The molecule has 0 aromatic heterocycles. The highest BCUT2D eigenvalue weighted by Gasteiger charge is 2.44. The Kier molecular flexibility index (Phi) is 2.88. The Morgan fingerprint density at radius 2 is 1.67 bits per heavy atom. The molecule has 3 N–H and O–H groups in total. The van der Waals surface area contributed by atoms with Crippen LogP contribution in [0.25, 0.3) is 0 Å². The Labute approximate surface area is 93.0 Å². The lowest BCUT2D eigenvalue weighted by atomic mass is 9.69. The van der Waals surface area contributed by atoms with Crippen molar-refractivity contribution in [3.8, 4) is 6.07 Å². The van der Waals surface area contributed by atoms with E-state index in [1.54, 1.807) is 0 Å². The first-order valence-corrected chi connectivity index (χ1v) is 5.57. The molecule has 1 aliphatic rings. The number of hydrogen-bond donors (Lipinski definition) is 2. The molecule has 0 radical (unpaired) electrons. The van der Waals surface area contributed by atoms with Crippen LogP contribution >= 0.6 is 0 Å². The lowest BCUT2D eigenvalue weighted by molar-refractivity contribution is 0.101. The number of hydrogen-bond acceptors (Lipinski definition) is 3. The van der Waals surface area contributed by atoms with Crippen molar-refractivity contribution >= 4 is 0 Å². The maximum Gasteiger partial charge on any atom is 0.104 e. The summed E-state index contributed by atoms with van der Waals surface area (Å²) >= 11 is 0. The van der Waals surface area contributed by atoms with Gasteiger partial charge in [-0.2, -0.15) is 5.26 Å². The summed E-state index contributed by atoms with van der Waals surface area (Å²) in [6.07, 6.45) is 1.91. The number of nitrogens with two attached hydrogens (primary N) is 1. The van der Waals surface area contributed by atoms with Crippen LogP contribution in [0, 0.1) is 17.2 Å². The van der Waals surface area contributed by atoms with Crippen molar-refractivity contribution in [2.45, 2.75) is 64.1 Å². The zero-order valence-corrected chi connectivity index (χ0v) is 10.5. The molecule has 0 aliphatic carbocycles. The van der Waals surface area contributed by atoms with E-state index in [0.29, 0.717) is 0 Å². The van der Waals surface area contributed by atoms with Gasteiger partial charge in [-0.25, -0.2) is 0 Å². The van der Waals surface area contributed by atoms with Gasteiger partial charge in [0.1, 0.15) is 5.54 Å². The Hall–Kier alpha value is -0.590. The van der Waals surface area contributed by atoms with E-state index in [-0.39, 0.29) is 17.0 Å². The molecule has 1 heterocycles. The van der Waals surface area contributed by atoms with Gasteiger partial charge in [-0.05, 0) is 53.4 Å². The minimum atomic E-state index is -0.712. The molecule has 1 rings (SSSR count). The summed E-state index contributed by atoms with van der Waals surface area (Å²) in [5.74, 6) is 0.258. The quantitative estimate of drug-likeness (QED) is 0.692. The van der Waals surface area contributed by atoms with Crippen LogP contribution in [0.2, 0.25) is 0 Å². The second kappa shape index (κ2) is 3.47. The molecule has 3 heteroatoms. The topological polar surface area (TPSA) is 61.8 Å². The normalized spacial score (nSPS) is 29.1. The van der Waals surface area contributed by atoms with Gasteiger partial charge in [0.15, 0.2) is 0 Å². The molecule has 0 aromatic carbocycles. The molecule has 0 aromatic rings. The molecule has 3 nitrogen and oxygen atoms in total. The minimum absolute atomic E-state index is 0.0594. The second-order valence-corrected chi connectivity index (χ2v) is 6.39. The Morgan fingerprint density at radius 1 is 1.27 bits per heavy atom. The van der Waals surface area contributed by atoms with Crippen LogP contribution in [0.1, 0.15) is 47.5 Å². The van der Waals surface area contributed by atoms with E-state index in [4.69, 9.17) is 11.0 Å². The lowest BCUT2D eigenvalue weighted by Crippen LogP contribution is -2.62. The summed E-state index contributed by atoms with van der Waals surface area (Å²) in [7, 11) is 0. The number of nitriles is 1. The van der Waals surface area contributed by atoms with Crippen molar-refractivity contribution in [1.82, 2.24) is 5.32 Å². The summed E-state index contributed by atoms with van der Waals surface area (Å²) in [4.78, 5) is 0. The first-order valence-electron chi connectivity index (χ1n) is 5.57. The van der Waals surface area contributed by atoms with Gasteiger partial charge in [0.05, 0.1) is 6.07 Å². The SMILES string of the molecule is CC1(C)CC(C(C)(N)C#N)CC(C)(C)N1. The third-order valence-electron chi connectivity index (χ3n) is 3.28. The molecule has 86 valence electrons. The smallest absolute Gasteiger partial charge is 0.104 e. The third kappa shape index (κ3) is 2.93. The predicted molar refractivity (Wildman–Crippen MR) is 62.2 cm³/mol. The summed E-state index contributed by atoms with van der Waals surface area (Å²) < 4.78 is 0. The minimum Gasteiger partial charge on any atom is -0.313 e. The van der Waals surface area contributed by atoms with Crippen molar-refractivity contribution in [3.63, 3.8) is 0 Å². The molecule has 1 aliphatic heterocycles. The molecule has 1 saturated heterocycles. The van der Waals surface area contributed by atoms with Crippen LogP contribution in [0.3, 0.4) is 0 Å². The van der Waals surface area contributed by atoms with E-state index in [0.717, 1.165) is 12.8 Å². The van der Waals surface area contributed by atoms with E-state index in [2.05, 4.69) is 39.1 Å². The molecule has 1 fully saturated rings. The fourth-order valence-corrected chi connectivity index (χ4v) is 2.84. The number of nitrogens with zero attached hydrogens (tertiary/aromatic N) is 1. The van der Waals surface area contributed by atoms with Crippen molar-refractivity contribution in [3.05, 3.63) is 0 Å². The molecule has 1 unspecified atom stereocenters. The van der Waals surface area contributed by atoms with Gasteiger partial charge in [0, 0.05) is 11.1 Å². The lowest BCUT2D eigenvalue weighted by Gasteiger charge is -2.49. The monoisotopic (exact) mass is 209 g/mol. The third-order valence-corrected chi connectivity index (χ3v) is 3.28. The van der Waals surface area contributed by atoms with Crippen LogP contribution in [0.5, 0.6) is 0 Å². The molecular weight excluding hydrogens is 186 g/mol. The van der Waals surface area contributed by atoms with Gasteiger partial charge in [-0.1, -0.05) is 0 Å². The van der Waals surface area contributed by atoms with E-state index in [1.165, 1.54) is 0 Å². The molecular formula is C12H23N3. The maximum atomic E-state index is 9.09. The van der Waals surface area contributed by atoms with Crippen LogP contribution in [-0.2, 0) is 0 Å². The van der Waals surface area contributed by atoms with Crippen LogP contribution in [0.4, 0.5) is 0 Å². The zero-order chi connectivity index (χ0) is 11.9. The van der Waals surface area contributed by atoms with Gasteiger partial charge in [-0.15, -0.1) is 0 Å². The van der Waals surface area contributed by atoms with Gasteiger partial charge in [-0.3, -0.25) is 0 Å². The molecule has 15 heavy (non-hydrogen) atoms. The van der Waals surface area contributed by atoms with E-state index in [9.17, 15) is 0 Å². The molecule has 0 bridgehead atoms. The average Bonchev–Trinajstić information content (AvgIpc) is 1.98. The van der Waals surface area contributed by atoms with Gasteiger partial charge in [0.25, 0.3) is 0 Å². The maximum absolute atomic E-state index is 9.09. The molecule has 0 amide bonds. The first-order chi connectivity index (χ1) is 6.58. The van der Waals surface area contributed by atoms with E-state index >= 15 is 0 Å². The second-order valence-electron chi connectivity index (χ2n) is 6.39. The van der Waals surface area contributed by atoms with E-state index in [1.807, 2.05) is 6.92 Å². The fraction of sp³-hybridized carbons (Fsp3) is 0.917. The Bertz CT molecular complexity index is 268. The summed E-state index contributed by atoms with van der Waals surface area (Å²) in [5.41, 5.74) is 5.45. The highest BCUT2D eigenvalue weighted by atomic mass is 15.1. The summed E-state index contributed by atoms with van der Waals surface area (Å²) in [6.45, 7) is 10.5. The van der Waals surface area contributed by atoms with Crippen molar-refractivity contribution in [2.24, 2.45) is 11.7 Å². The van der Waals surface area contributed by atoms with Gasteiger partial charge < -0.3 is 11.1 Å². The van der Waals surface area contributed by atoms with E-state index < -0.39 is 5.54 Å². The number of nitrogens with one attached hydrogen (secondary N) is 1. The van der Waals surface area contributed by atoms with Crippen LogP contribution < -0.4 is 11.1 Å². The van der Waals surface area contributed by atoms with Crippen molar-refractivity contribution < 1.29 is 0 Å². The van der Waals surface area contributed by atoms with Gasteiger partial charge >= 0.3 is 0 Å².